The molecule has 0 aromatic carbocycles. The normalized spacial score (nSPS) is 13.3. The summed E-state index contributed by atoms with van der Waals surface area (Å²) in [6.07, 6.45) is 23.2. The fraction of sp³-hybridized carbons (Fsp3) is 0.852. The summed E-state index contributed by atoms with van der Waals surface area (Å²) in [4.78, 5) is 0. The fourth-order valence-corrected chi connectivity index (χ4v) is 5.25. The number of rotatable bonds is 21. The number of hydrogen-bond acceptors (Lipinski definition) is 6. The topological polar surface area (TPSA) is 68.5 Å². The minimum Gasteiger partial charge on any atom is -0.360 e. The van der Waals surface area contributed by atoms with Gasteiger partial charge in [-0.3, -0.25) is 0 Å². The van der Waals surface area contributed by atoms with E-state index in [1.165, 1.54) is 96.3 Å². The smallest absolute Gasteiger partial charge is 0.205 e. The van der Waals surface area contributed by atoms with Gasteiger partial charge in [-0.1, -0.05) is 114 Å². The Morgan fingerprint density at radius 2 is 1.38 bits per heavy atom. The van der Waals surface area contributed by atoms with Gasteiger partial charge < -0.3 is 5.32 Å². The number of unbranched alkanes of at least 4 members (excludes halogenated alkanes) is 10. The second kappa shape index (κ2) is 17.0. The first-order chi connectivity index (χ1) is 16.6. The Morgan fingerprint density at radius 3 is 2.06 bits per heavy atom. The Labute approximate surface area is 212 Å². The molecule has 6 nitrogen and oxygen atoms in total. The quantitative estimate of drug-likeness (QED) is 0.180. The number of nitrogens with zero attached hydrogens (tertiary/aromatic N) is 5. The molecule has 34 heavy (non-hydrogen) atoms. The molecule has 0 aliphatic heterocycles. The highest BCUT2D eigenvalue weighted by Gasteiger charge is 2.27. The zero-order chi connectivity index (χ0) is 24.5. The van der Waals surface area contributed by atoms with E-state index in [4.69, 9.17) is 0 Å². The predicted molar refractivity (Wildman–Crippen MR) is 146 cm³/mol. The molecule has 1 unspecified atom stereocenters. The molecule has 0 aliphatic rings. The van der Waals surface area contributed by atoms with E-state index < -0.39 is 0 Å². The van der Waals surface area contributed by atoms with E-state index in [9.17, 15) is 0 Å². The van der Waals surface area contributed by atoms with Crippen molar-refractivity contribution in [2.24, 2.45) is 0 Å². The third-order valence-corrected chi connectivity index (χ3v) is 7.79. The molecular weight excluding hydrogens is 440 g/mol. The third-order valence-electron chi connectivity index (χ3n) is 6.85. The second-order valence-electron chi connectivity index (χ2n) is 10.1. The highest BCUT2D eigenvalue weighted by Crippen LogP contribution is 2.30. The Morgan fingerprint density at radius 1 is 0.765 bits per heavy atom. The maximum Gasteiger partial charge on any atom is 0.205 e. The summed E-state index contributed by atoms with van der Waals surface area (Å²) in [6.45, 7) is 10.2. The number of aromatic nitrogens is 5. The van der Waals surface area contributed by atoms with Crippen LogP contribution in [0.5, 0.6) is 0 Å². The van der Waals surface area contributed by atoms with Crippen LogP contribution in [0.1, 0.15) is 135 Å². The van der Waals surface area contributed by atoms with Crippen LogP contribution in [-0.2, 0) is 18.4 Å². The Balaban J connectivity index is 1.86. The van der Waals surface area contributed by atoms with E-state index >= 15 is 0 Å². The first-order valence-corrected chi connectivity index (χ1v) is 14.9. The summed E-state index contributed by atoms with van der Waals surface area (Å²) in [7, 11) is 0. The lowest BCUT2D eigenvalue weighted by Crippen LogP contribution is -2.31. The minimum atomic E-state index is 0.0722. The van der Waals surface area contributed by atoms with Crippen LogP contribution in [0.15, 0.2) is 6.20 Å². The zero-order valence-electron chi connectivity index (χ0n) is 22.4. The maximum absolute atomic E-state index is 4.61. The lowest BCUT2D eigenvalue weighted by atomic mass is 9.88. The first kappa shape index (κ1) is 28.7. The minimum absolute atomic E-state index is 0.0722. The van der Waals surface area contributed by atoms with Crippen molar-refractivity contribution in [2.45, 2.75) is 142 Å². The van der Waals surface area contributed by atoms with Gasteiger partial charge in [-0.05, 0) is 32.6 Å². The lowest BCUT2D eigenvalue weighted by molar-refractivity contribution is 0.222. The van der Waals surface area contributed by atoms with Crippen LogP contribution in [0.3, 0.4) is 0 Å². The van der Waals surface area contributed by atoms with Crippen molar-refractivity contribution in [3.05, 3.63) is 16.9 Å². The maximum atomic E-state index is 4.61. The zero-order valence-corrected chi connectivity index (χ0v) is 23.3. The van der Waals surface area contributed by atoms with Crippen molar-refractivity contribution in [1.29, 1.82) is 0 Å². The van der Waals surface area contributed by atoms with Crippen molar-refractivity contribution < 1.29 is 0 Å². The van der Waals surface area contributed by atoms with Crippen LogP contribution in [0, 0.1) is 0 Å². The fourth-order valence-electron chi connectivity index (χ4n) is 4.48. The van der Waals surface area contributed by atoms with Crippen LogP contribution >= 0.6 is 11.3 Å². The monoisotopic (exact) mass is 490 g/mol. The summed E-state index contributed by atoms with van der Waals surface area (Å²) < 4.78 is 2.18. The molecule has 1 N–H and O–H groups in total. The molecule has 1 atom stereocenters. The molecule has 2 aromatic rings. The van der Waals surface area contributed by atoms with Gasteiger partial charge in [0.1, 0.15) is 5.01 Å². The summed E-state index contributed by atoms with van der Waals surface area (Å²) in [5, 5.41) is 23.3. The van der Waals surface area contributed by atoms with Gasteiger partial charge in [0.15, 0.2) is 0 Å². The summed E-state index contributed by atoms with van der Waals surface area (Å²) in [5.41, 5.74) is 1.14. The summed E-state index contributed by atoms with van der Waals surface area (Å²) in [5.74, 6) is 0. The van der Waals surface area contributed by atoms with Gasteiger partial charge in [0.2, 0.25) is 5.13 Å². The van der Waals surface area contributed by atoms with Crippen LogP contribution in [0.2, 0.25) is 0 Å². The van der Waals surface area contributed by atoms with Crippen molar-refractivity contribution in [2.75, 3.05) is 11.9 Å². The molecule has 0 spiro atoms. The number of aryl methyl sites for hydroxylation is 2. The van der Waals surface area contributed by atoms with Gasteiger partial charge in [0.25, 0.3) is 0 Å². The van der Waals surface area contributed by atoms with Gasteiger partial charge in [0, 0.05) is 19.2 Å². The standard InChI is InChI=1S/C27H50N6S/c1-5-8-11-14-16-21-27(4,20-15-12-9-6-2)33-23-24(29-32-33)18-19-25-30-31-26(34-25)28-22-17-13-10-7-3/h23H,5-22H2,1-4H3,(H,28,31). The average molecular weight is 491 g/mol. The highest BCUT2D eigenvalue weighted by molar-refractivity contribution is 7.15. The summed E-state index contributed by atoms with van der Waals surface area (Å²) >= 11 is 1.67. The van der Waals surface area contributed by atoms with E-state index in [0.717, 1.165) is 35.2 Å². The van der Waals surface area contributed by atoms with Crippen LogP contribution < -0.4 is 5.32 Å². The van der Waals surface area contributed by atoms with E-state index in [0.29, 0.717) is 0 Å². The second-order valence-corrected chi connectivity index (χ2v) is 11.2. The van der Waals surface area contributed by atoms with Crippen LogP contribution in [-0.4, -0.2) is 31.7 Å². The summed E-state index contributed by atoms with van der Waals surface area (Å²) in [6, 6.07) is 0. The molecule has 194 valence electrons. The molecule has 0 radical (unpaired) electrons. The van der Waals surface area contributed by atoms with Crippen molar-refractivity contribution >= 4 is 16.5 Å². The Hall–Kier alpha value is -1.50. The van der Waals surface area contributed by atoms with Crippen LogP contribution in [0.25, 0.3) is 0 Å². The van der Waals surface area contributed by atoms with Gasteiger partial charge in [-0.2, -0.15) is 0 Å². The van der Waals surface area contributed by atoms with Crippen molar-refractivity contribution in [3.8, 4) is 0 Å². The molecule has 0 bridgehead atoms. The number of anilines is 1. The number of nitrogens with one attached hydrogen (secondary N) is 1. The Bertz CT molecular complexity index is 758. The third kappa shape index (κ3) is 10.8. The lowest BCUT2D eigenvalue weighted by Gasteiger charge is -2.30. The SMILES string of the molecule is CCCCCCCC(C)(CCCCCC)n1cc(CCc2nnc(NCCCCCC)s2)nn1. The molecule has 0 saturated carbocycles. The molecule has 2 rings (SSSR count). The van der Waals surface area contributed by atoms with Gasteiger partial charge in [-0.15, -0.1) is 15.3 Å². The molecule has 7 heteroatoms. The van der Waals surface area contributed by atoms with E-state index in [-0.39, 0.29) is 5.54 Å². The highest BCUT2D eigenvalue weighted by atomic mass is 32.1. The molecule has 0 amide bonds. The van der Waals surface area contributed by atoms with Gasteiger partial charge in [-0.25, -0.2) is 4.68 Å². The van der Waals surface area contributed by atoms with Crippen molar-refractivity contribution in [3.63, 3.8) is 0 Å². The van der Waals surface area contributed by atoms with E-state index in [1.54, 1.807) is 11.3 Å². The molecule has 0 saturated heterocycles. The predicted octanol–water partition coefficient (Wildman–Crippen LogP) is 7.95. The van der Waals surface area contributed by atoms with Gasteiger partial charge in [0.05, 0.1) is 11.2 Å². The molecule has 0 fully saturated rings. The molecular formula is C27H50N6S. The van der Waals surface area contributed by atoms with E-state index in [2.05, 4.69) is 64.4 Å². The average Bonchev–Trinajstić information content (AvgIpc) is 3.50. The van der Waals surface area contributed by atoms with Gasteiger partial charge >= 0.3 is 0 Å². The van der Waals surface area contributed by atoms with Crippen molar-refractivity contribution in [1.82, 2.24) is 25.2 Å². The van der Waals surface area contributed by atoms with E-state index in [1.807, 2.05) is 0 Å². The first-order valence-electron chi connectivity index (χ1n) is 14.1. The largest absolute Gasteiger partial charge is 0.360 e. The number of hydrogen-bond donors (Lipinski definition) is 1. The molecule has 2 heterocycles. The molecule has 2 aromatic heterocycles. The Kier molecular flexibility index (Phi) is 14.4. The van der Waals surface area contributed by atoms with Crippen LogP contribution in [0.4, 0.5) is 5.13 Å². The molecule has 0 aliphatic carbocycles.